The highest BCUT2D eigenvalue weighted by atomic mass is 35.5. The lowest BCUT2D eigenvalue weighted by Crippen LogP contribution is -2.40. The number of guanidine groups is 1. The maximum atomic E-state index is 6.36. The van der Waals surface area contributed by atoms with Crippen LogP contribution < -0.4 is 10.6 Å². The Morgan fingerprint density at radius 3 is 2.69 bits per heavy atom. The summed E-state index contributed by atoms with van der Waals surface area (Å²) >= 11 is 6.36. The number of benzene rings is 1. The van der Waals surface area contributed by atoms with Crippen LogP contribution in [0, 0.1) is 0 Å². The van der Waals surface area contributed by atoms with E-state index in [1.54, 1.807) is 6.33 Å². The number of nitrogens with one attached hydrogen (secondary N) is 2. The summed E-state index contributed by atoms with van der Waals surface area (Å²) in [6.07, 6.45) is 2.64. The Morgan fingerprint density at radius 1 is 1.23 bits per heavy atom. The molecule has 1 heterocycles. The predicted molar refractivity (Wildman–Crippen MR) is 108 cm³/mol. The van der Waals surface area contributed by atoms with Gasteiger partial charge in [-0.2, -0.15) is 0 Å². The third-order valence-corrected chi connectivity index (χ3v) is 4.57. The van der Waals surface area contributed by atoms with Gasteiger partial charge in [-0.1, -0.05) is 50.6 Å². The highest BCUT2D eigenvalue weighted by molar-refractivity contribution is 6.31. The topological polar surface area (TPSA) is 67.1 Å². The second-order valence-corrected chi connectivity index (χ2v) is 7.19. The average molecular weight is 377 g/mol. The van der Waals surface area contributed by atoms with Gasteiger partial charge in [-0.05, 0) is 18.6 Å². The first-order valence-electron chi connectivity index (χ1n) is 9.11. The van der Waals surface area contributed by atoms with Gasteiger partial charge in [0.25, 0.3) is 0 Å². The molecule has 0 amide bonds. The lowest BCUT2D eigenvalue weighted by Gasteiger charge is -2.25. The number of rotatable bonds is 8. The van der Waals surface area contributed by atoms with Crippen LogP contribution in [0.3, 0.4) is 0 Å². The molecule has 142 valence electrons. The number of halogens is 1. The van der Waals surface area contributed by atoms with Crippen molar-refractivity contribution in [3.05, 3.63) is 47.0 Å². The first-order chi connectivity index (χ1) is 12.5. The molecule has 1 aromatic carbocycles. The first kappa shape index (κ1) is 20.2. The summed E-state index contributed by atoms with van der Waals surface area (Å²) in [6.45, 7) is 11.5. The van der Waals surface area contributed by atoms with Crippen LogP contribution in [0.4, 0.5) is 0 Å². The molecule has 0 radical (unpaired) electrons. The summed E-state index contributed by atoms with van der Waals surface area (Å²) < 4.78 is 2.06. The SMILES string of the molecule is CCNC(=NCC(C)(C)c1ccccc1Cl)NCCn1cnnc1CC. The molecule has 0 spiro atoms. The van der Waals surface area contributed by atoms with Crippen molar-refractivity contribution in [2.45, 2.75) is 46.1 Å². The molecule has 0 unspecified atom stereocenters. The van der Waals surface area contributed by atoms with Crippen LogP contribution in [0.2, 0.25) is 5.02 Å². The predicted octanol–water partition coefficient (Wildman–Crippen LogP) is 3.03. The van der Waals surface area contributed by atoms with Gasteiger partial charge in [-0.15, -0.1) is 10.2 Å². The molecule has 0 saturated heterocycles. The summed E-state index contributed by atoms with van der Waals surface area (Å²) in [6, 6.07) is 7.96. The third kappa shape index (κ3) is 5.46. The van der Waals surface area contributed by atoms with Gasteiger partial charge in [-0.3, -0.25) is 4.99 Å². The summed E-state index contributed by atoms with van der Waals surface area (Å²) in [5.41, 5.74) is 0.961. The molecular weight excluding hydrogens is 348 g/mol. The second-order valence-electron chi connectivity index (χ2n) is 6.78. The van der Waals surface area contributed by atoms with Crippen molar-refractivity contribution in [2.24, 2.45) is 4.99 Å². The molecule has 2 N–H and O–H groups in total. The molecule has 7 heteroatoms. The van der Waals surface area contributed by atoms with Gasteiger partial charge in [0.05, 0.1) is 6.54 Å². The first-order valence-corrected chi connectivity index (χ1v) is 9.49. The van der Waals surface area contributed by atoms with E-state index < -0.39 is 0 Å². The molecule has 2 rings (SSSR count). The quantitative estimate of drug-likeness (QED) is 0.549. The molecule has 0 aliphatic rings. The zero-order chi connectivity index (χ0) is 19.0. The lowest BCUT2D eigenvalue weighted by molar-refractivity contribution is 0.536. The van der Waals surface area contributed by atoms with Crippen molar-refractivity contribution < 1.29 is 0 Å². The van der Waals surface area contributed by atoms with Crippen LogP contribution in [0.5, 0.6) is 0 Å². The Morgan fingerprint density at radius 2 is 2.00 bits per heavy atom. The second kappa shape index (κ2) is 9.57. The largest absolute Gasteiger partial charge is 0.357 e. The van der Waals surface area contributed by atoms with Crippen molar-refractivity contribution in [2.75, 3.05) is 19.6 Å². The molecule has 0 fully saturated rings. The zero-order valence-electron chi connectivity index (χ0n) is 16.1. The van der Waals surface area contributed by atoms with Gasteiger partial charge in [0.15, 0.2) is 5.96 Å². The van der Waals surface area contributed by atoms with E-state index in [0.29, 0.717) is 6.54 Å². The molecule has 2 aromatic rings. The van der Waals surface area contributed by atoms with E-state index in [1.165, 1.54) is 0 Å². The molecule has 1 aromatic heterocycles. The van der Waals surface area contributed by atoms with E-state index in [1.807, 2.05) is 18.2 Å². The zero-order valence-corrected chi connectivity index (χ0v) is 16.8. The number of hydrogen-bond acceptors (Lipinski definition) is 3. The van der Waals surface area contributed by atoms with Crippen LogP contribution in [0.15, 0.2) is 35.6 Å². The highest BCUT2D eigenvalue weighted by Gasteiger charge is 2.22. The Bertz CT molecular complexity index is 722. The molecule has 6 nitrogen and oxygen atoms in total. The molecule has 0 atom stereocenters. The van der Waals surface area contributed by atoms with Gasteiger partial charge in [0.2, 0.25) is 0 Å². The maximum absolute atomic E-state index is 6.36. The van der Waals surface area contributed by atoms with Gasteiger partial charge in [-0.25, -0.2) is 0 Å². The van der Waals surface area contributed by atoms with Gasteiger partial charge in [0, 0.05) is 36.5 Å². The summed E-state index contributed by atoms with van der Waals surface area (Å²) in [5.74, 6) is 1.80. The van der Waals surface area contributed by atoms with Gasteiger partial charge < -0.3 is 15.2 Å². The number of nitrogens with zero attached hydrogens (tertiary/aromatic N) is 4. The molecule has 0 saturated carbocycles. The van der Waals surface area contributed by atoms with Crippen molar-refractivity contribution >= 4 is 17.6 Å². The molecule has 0 aliphatic heterocycles. The van der Waals surface area contributed by atoms with E-state index in [2.05, 4.69) is 59.2 Å². The Hall–Kier alpha value is -2.08. The number of hydrogen-bond donors (Lipinski definition) is 2. The molecule has 0 bridgehead atoms. The summed E-state index contributed by atoms with van der Waals surface area (Å²) in [4.78, 5) is 4.76. The molecule has 26 heavy (non-hydrogen) atoms. The molecule has 0 aliphatic carbocycles. The Labute approximate surface area is 161 Å². The summed E-state index contributed by atoms with van der Waals surface area (Å²) in [5, 5.41) is 15.5. The number of aliphatic imine (C=N–C) groups is 1. The van der Waals surface area contributed by atoms with Crippen LogP contribution in [0.25, 0.3) is 0 Å². The minimum Gasteiger partial charge on any atom is -0.357 e. The fourth-order valence-corrected chi connectivity index (χ4v) is 3.14. The van der Waals surface area contributed by atoms with Crippen molar-refractivity contribution in [1.82, 2.24) is 25.4 Å². The van der Waals surface area contributed by atoms with Crippen molar-refractivity contribution in [3.63, 3.8) is 0 Å². The minimum absolute atomic E-state index is 0.148. The standard InChI is InChI=1S/C19H29ClN6/c1-5-17-25-24-14-26(17)12-11-22-18(21-6-2)23-13-19(3,4)15-9-7-8-10-16(15)20/h7-10,14H,5-6,11-13H2,1-4H3,(H2,21,22,23). The average Bonchev–Trinajstić information content (AvgIpc) is 3.07. The van der Waals surface area contributed by atoms with Gasteiger partial charge in [0.1, 0.15) is 12.2 Å². The van der Waals surface area contributed by atoms with Crippen molar-refractivity contribution in [3.8, 4) is 0 Å². The Balaban J connectivity index is 1.98. The van der Waals surface area contributed by atoms with E-state index >= 15 is 0 Å². The van der Waals surface area contributed by atoms with E-state index in [-0.39, 0.29) is 5.41 Å². The minimum atomic E-state index is -0.148. The molecular formula is C19H29ClN6. The summed E-state index contributed by atoms with van der Waals surface area (Å²) in [7, 11) is 0. The number of aromatic nitrogens is 3. The lowest BCUT2D eigenvalue weighted by atomic mass is 9.85. The monoisotopic (exact) mass is 376 g/mol. The maximum Gasteiger partial charge on any atom is 0.191 e. The van der Waals surface area contributed by atoms with Crippen molar-refractivity contribution in [1.29, 1.82) is 0 Å². The van der Waals surface area contributed by atoms with Crippen LogP contribution >= 0.6 is 11.6 Å². The van der Waals surface area contributed by atoms with E-state index in [9.17, 15) is 0 Å². The Kier molecular flexibility index (Phi) is 7.45. The third-order valence-electron chi connectivity index (χ3n) is 4.24. The van der Waals surface area contributed by atoms with Gasteiger partial charge >= 0.3 is 0 Å². The van der Waals surface area contributed by atoms with E-state index in [4.69, 9.17) is 16.6 Å². The fourth-order valence-electron chi connectivity index (χ4n) is 2.75. The number of aryl methyl sites for hydroxylation is 1. The van der Waals surface area contributed by atoms with Crippen LogP contribution in [-0.4, -0.2) is 40.4 Å². The highest BCUT2D eigenvalue weighted by Crippen LogP contribution is 2.29. The smallest absolute Gasteiger partial charge is 0.191 e. The van der Waals surface area contributed by atoms with E-state index in [0.717, 1.165) is 48.4 Å². The fraction of sp³-hybridized carbons (Fsp3) is 0.526. The van der Waals surface area contributed by atoms with Crippen LogP contribution in [0.1, 0.15) is 39.1 Å². The normalized spacial score (nSPS) is 12.3. The van der Waals surface area contributed by atoms with Crippen LogP contribution in [-0.2, 0) is 18.4 Å².